The topological polar surface area (TPSA) is 18.5 Å². The zero-order chi connectivity index (χ0) is 17.5. The van der Waals surface area contributed by atoms with Crippen LogP contribution in [0.25, 0.3) is 0 Å². The number of nitrogens with one attached hydrogen (secondary N) is 1. The molecule has 0 saturated carbocycles. The maximum absolute atomic E-state index is 3.45. The molecule has 0 aromatic heterocycles. The van der Waals surface area contributed by atoms with Crippen LogP contribution in [0.2, 0.25) is 0 Å². The monoisotopic (exact) mass is 339 g/mol. The normalized spacial score (nSPS) is 17.5. The largest absolute Gasteiger partial charge is 0.314 e. The van der Waals surface area contributed by atoms with Gasteiger partial charge >= 0.3 is 0 Å². The van der Waals surface area contributed by atoms with Gasteiger partial charge in [0.25, 0.3) is 0 Å². The van der Waals surface area contributed by atoms with Crippen LogP contribution in [0.4, 0.5) is 0 Å². The summed E-state index contributed by atoms with van der Waals surface area (Å²) in [6.45, 7) is 12.0. The Kier molecular flexibility index (Phi) is 13.8. The molecule has 3 heteroatoms. The highest BCUT2D eigenvalue weighted by atomic mass is 15.2. The maximum atomic E-state index is 3.45. The summed E-state index contributed by atoms with van der Waals surface area (Å²) in [4.78, 5) is 5.30. The van der Waals surface area contributed by atoms with Gasteiger partial charge in [-0.3, -0.25) is 0 Å². The summed E-state index contributed by atoms with van der Waals surface area (Å²) >= 11 is 0. The van der Waals surface area contributed by atoms with Crippen molar-refractivity contribution in [3.8, 4) is 0 Å². The Morgan fingerprint density at radius 3 is 2.08 bits per heavy atom. The summed E-state index contributed by atoms with van der Waals surface area (Å²) in [5, 5.41) is 3.45. The van der Waals surface area contributed by atoms with E-state index in [-0.39, 0.29) is 0 Å². The quantitative estimate of drug-likeness (QED) is 0.442. The molecule has 0 amide bonds. The molecule has 0 spiro atoms. The van der Waals surface area contributed by atoms with Crippen molar-refractivity contribution in [3.63, 3.8) is 0 Å². The average Bonchev–Trinajstić information content (AvgIpc) is 2.61. The van der Waals surface area contributed by atoms with Crippen LogP contribution in [-0.4, -0.2) is 62.2 Å². The van der Waals surface area contributed by atoms with Crippen LogP contribution in [0.5, 0.6) is 0 Å². The number of rotatable bonds is 15. The minimum atomic E-state index is 0.821. The highest BCUT2D eigenvalue weighted by Crippen LogP contribution is 2.17. The van der Waals surface area contributed by atoms with Gasteiger partial charge in [0.05, 0.1) is 0 Å². The average molecular weight is 340 g/mol. The number of unbranched alkanes of at least 4 members (excludes halogenated alkanes) is 6. The van der Waals surface area contributed by atoms with E-state index in [0.29, 0.717) is 0 Å². The fourth-order valence-electron chi connectivity index (χ4n) is 3.86. The van der Waals surface area contributed by atoms with E-state index in [2.05, 4.69) is 36.0 Å². The van der Waals surface area contributed by atoms with E-state index in [1.54, 1.807) is 0 Å². The lowest BCUT2D eigenvalue weighted by atomic mass is 10.00. The van der Waals surface area contributed by atoms with E-state index in [1.165, 1.54) is 110 Å². The third kappa shape index (κ3) is 10.7. The van der Waals surface area contributed by atoms with Crippen LogP contribution in [0.1, 0.15) is 84.5 Å². The van der Waals surface area contributed by atoms with Gasteiger partial charge in [0.1, 0.15) is 0 Å². The van der Waals surface area contributed by atoms with Crippen LogP contribution in [0, 0.1) is 0 Å². The second kappa shape index (κ2) is 15.2. The molecule has 1 unspecified atom stereocenters. The Labute approximate surface area is 152 Å². The van der Waals surface area contributed by atoms with Crippen LogP contribution in [0.15, 0.2) is 0 Å². The lowest BCUT2D eigenvalue weighted by Crippen LogP contribution is -2.44. The molecule has 1 aliphatic rings. The van der Waals surface area contributed by atoms with E-state index in [0.717, 1.165) is 6.04 Å². The number of hydrogen-bond acceptors (Lipinski definition) is 3. The molecule has 1 atom stereocenters. The lowest BCUT2D eigenvalue weighted by Gasteiger charge is -2.31. The summed E-state index contributed by atoms with van der Waals surface area (Å²) in [6, 6.07) is 0.821. The van der Waals surface area contributed by atoms with Gasteiger partial charge in [-0.2, -0.15) is 0 Å². The summed E-state index contributed by atoms with van der Waals surface area (Å²) in [7, 11) is 2.38. The van der Waals surface area contributed by atoms with Gasteiger partial charge < -0.3 is 15.1 Å². The molecule has 0 radical (unpaired) electrons. The van der Waals surface area contributed by atoms with Gasteiger partial charge in [0.2, 0.25) is 0 Å². The van der Waals surface area contributed by atoms with E-state index in [9.17, 15) is 0 Å². The number of nitrogens with zero attached hydrogens (tertiary/aromatic N) is 2. The second-order valence-electron chi connectivity index (χ2n) is 7.78. The van der Waals surface area contributed by atoms with Crippen molar-refractivity contribution >= 4 is 0 Å². The van der Waals surface area contributed by atoms with Gasteiger partial charge in [-0.25, -0.2) is 0 Å². The van der Waals surface area contributed by atoms with Gasteiger partial charge in [-0.1, -0.05) is 65.2 Å². The van der Waals surface area contributed by atoms with E-state index < -0.39 is 0 Å². The summed E-state index contributed by atoms with van der Waals surface area (Å²) in [5.74, 6) is 0. The first-order valence-corrected chi connectivity index (χ1v) is 10.9. The summed E-state index contributed by atoms with van der Waals surface area (Å²) in [5.41, 5.74) is 0. The van der Waals surface area contributed by atoms with Crippen LogP contribution in [0.3, 0.4) is 0 Å². The zero-order valence-electron chi connectivity index (χ0n) is 17.0. The molecule has 0 aromatic carbocycles. The first-order valence-electron chi connectivity index (χ1n) is 10.9. The van der Waals surface area contributed by atoms with Crippen molar-refractivity contribution in [1.29, 1.82) is 0 Å². The number of hydrogen-bond donors (Lipinski definition) is 1. The van der Waals surface area contributed by atoms with Crippen molar-refractivity contribution in [2.24, 2.45) is 0 Å². The molecular formula is C21H45N3. The molecule has 1 N–H and O–H groups in total. The maximum Gasteiger partial charge on any atom is 0.0107 e. The van der Waals surface area contributed by atoms with Gasteiger partial charge in [0, 0.05) is 32.2 Å². The Bertz CT molecular complexity index is 264. The fraction of sp³-hybridized carbons (Fsp3) is 1.00. The first kappa shape index (κ1) is 21.9. The van der Waals surface area contributed by atoms with Crippen molar-refractivity contribution in [2.75, 3.05) is 46.3 Å². The fourth-order valence-corrected chi connectivity index (χ4v) is 3.86. The molecule has 3 nitrogen and oxygen atoms in total. The third-order valence-electron chi connectivity index (χ3n) is 5.60. The molecule has 0 bridgehead atoms. The molecule has 1 saturated heterocycles. The molecule has 0 aromatic rings. The molecule has 1 aliphatic heterocycles. The Morgan fingerprint density at radius 1 is 0.833 bits per heavy atom. The van der Waals surface area contributed by atoms with Crippen LogP contribution < -0.4 is 5.32 Å². The molecular weight excluding hydrogens is 294 g/mol. The van der Waals surface area contributed by atoms with Crippen LogP contribution >= 0.6 is 0 Å². The van der Waals surface area contributed by atoms with Crippen molar-refractivity contribution < 1.29 is 0 Å². The van der Waals surface area contributed by atoms with Crippen molar-refractivity contribution in [3.05, 3.63) is 0 Å². The minimum Gasteiger partial charge on any atom is -0.314 e. The van der Waals surface area contributed by atoms with Gasteiger partial charge in [-0.15, -0.1) is 0 Å². The Balaban J connectivity index is 2.22. The number of piperazine rings is 1. The Morgan fingerprint density at radius 2 is 1.42 bits per heavy atom. The third-order valence-corrected chi connectivity index (χ3v) is 5.60. The van der Waals surface area contributed by atoms with Crippen molar-refractivity contribution in [2.45, 2.75) is 90.5 Å². The predicted octanol–water partition coefficient (Wildman–Crippen LogP) is 4.52. The standard InChI is InChI=1S/C21H45N3/c1-4-6-8-9-11-14-21(13-10-7-5-2)23(3)17-12-18-24-19-15-22-16-20-24/h21-22H,4-20H2,1-3H3. The first-order chi connectivity index (χ1) is 11.8. The molecule has 0 aliphatic carbocycles. The zero-order valence-corrected chi connectivity index (χ0v) is 17.0. The van der Waals surface area contributed by atoms with Gasteiger partial charge in [-0.05, 0) is 39.4 Å². The lowest BCUT2D eigenvalue weighted by molar-refractivity contribution is 0.183. The van der Waals surface area contributed by atoms with Crippen LogP contribution in [-0.2, 0) is 0 Å². The van der Waals surface area contributed by atoms with Gasteiger partial charge in [0.15, 0.2) is 0 Å². The van der Waals surface area contributed by atoms with E-state index >= 15 is 0 Å². The molecule has 1 heterocycles. The minimum absolute atomic E-state index is 0.821. The summed E-state index contributed by atoms with van der Waals surface area (Å²) < 4.78 is 0. The predicted molar refractivity (Wildman–Crippen MR) is 108 cm³/mol. The molecule has 144 valence electrons. The molecule has 24 heavy (non-hydrogen) atoms. The second-order valence-corrected chi connectivity index (χ2v) is 7.78. The summed E-state index contributed by atoms with van der Waals surface area (Å²) in [6.07, 6.45) is 15.4. The van der Waals surface area contributed by atoms with Crippen molar-refractivity contribution in [1.82, 2.24) is 15.1 Å². The smallest absolute Gasteiger partial charge is 0.0107 e. The highest BCUT2D eigenvalue weighted by Gasteiger charge is 2.15. The van der Waals surface area contributed by atoms with E-state index in [4.69, 9.17) is 0 Å². The van der Waals surface area contributed by atoms with E-state index in [1.807, 2.05) is 0 Å². The highest BCUT2D eigenvalue weighted by molar-refractivity contribution is 4.72. The molecule has 1 fully saturated rings. The SMILES string of the molecule is CCCCCCCC(CCCCC)N(C)CCCN1CCNCC1. The Hall–Kier alpha value is -0.120. The molecule has 1 rings (SSSR count).